The van der Waals surface area contributed by atoms with Gasteiger partial charge in [0.15, 0.2) is 5.84 Å². The van der Waals surface area contributed by atoms with E-state index in [0.717, 1.165) is 6.07 Å². The Morgan fingerprint density at radius 3 is 2.75 bits per heavy atom. The average molecular weight is 300 g/mol. The maximum absolute atomic E-state index is 13.1. The van der Waals surface area contributed by atoms with Gasteiger partial charge in [0.25, 0.3) is 0 Å². The van der Waals surface area contributed by atoms with E-state index in [9.17, 15) is 9.18 Å². The fraction of sp³-hybridized carbons (Fsp3) is 0.385. The number of benzene rings is 1. The van der Waals surface area contributed by atoms with E-state index in [1.54, 1.807) is 0 Å². The molecule has 0 bridgehead atoms. The van der Waals surface area contributed by atoms with Crippen LogP contribution in [0.15, 0.2) is 23.4 Å². The van der Waals surface area contributed by atoms with Crippen molar-refractivity contribution in [3.05, 3.63) is 29.0 Å². The molecule has 1 aromatic rings. The van der Waals surface area contributed by atoms with Crippen molar-refractivity contribution in [1.29, 1.82) is 0 Å². The van der Waals surface area contributed by atoms with Gasteiger partial charge in [-0.3, -0.25) is 4.79 Å². The summed E-state index contributed by atoms with van der Waals surface area (Å²) >= 11 is 5.66. The Bertz CT molecular complexity index is 571. The predicted molar refractivity (Wildman–Crippen MR) is 74.3 cm³/mol. The summed E-state index contributed by atoms with van der Waals surface area (Å²) in [5, 5.41) is 14.3. The number of hydrogen-bond acceptors (Lipinski definition) is 3. The van der Waals surface area contributed by atoms with Crippen molar-refractivity contribution in [1.82, 2.24) is 0 Å². The number of nitrogens with two attached hydrogens (primary N) is 1. The first-order valence-electron chi connectivity index (χ1n) is 6.13. The molecular weight excluding hydrogens is 285 g/mol. The summed E-state index contributed by atoms with van der Waals surface area (Å²) in [7, 11) is 0. The molecule has 20 heavy (non-hydrogen) atoms. The first-order chi connectivity index (χ1) is 9.39. The highest BCUT2D eigenvalue weighted by Gasteiger charge is 2.52. The molecule has 1 saturated carbocycles. The first kappa shape index (κ1) is 14.6. The molecule has 0 spiro atoms. The quantitative estimate of drug-likeness (QED) is 0.347. The van der Waals surface area contributed by atoms with Crippen LogP contribution in [0.4, 0.5) is 10.1 Å². The van der Waals surface area contributed by atoms with E-state index >= 15 is 0 Å². The average Bonchev–Trinajstić information content (AvgIpc) is 2.38. The Morgan fingerprint density at radius 1 is 1.60 bits per heavy atom. The minimum Gasteiger partial charge on any atom is -0.409 e. The Labute approximate surface area is 120 Å². The zero-order chi connectivity index (χ0) is 14.9. The van der Waals surface area contributed by atoms with Gasteiger partial charge in [0, 0.05) is 5.69 Å². The van der Waals surface area contributed by atoms with E-state index in [1.165, 1.54) is 12.1 Å². The third kappa shape index (κ3) is 2.43. The van der Waals surface area contributed by atoms with Crippen molar-refractivity contribution in [2.75, 3.05) is 5.32 Å². The van der Waals surface area contributed by atoms with Gasteiger partial charge >= 0.3 is 0 Å². The molecule has 1 aliphatic rings. The molecule has 0 aromatic heterocycles. The Morgan fingerprint density at radius 2 is 2.25 bits per heavy atom. The lowest BCUT2D eigenvalue weighted by molar-refractivity contribution is -0.127. The SMILES string of the molecule is CC1CC(C(=O)Nc2ccc(F)c(Cl)c2)(/C(N)=N/O)C1. The van der Waals surface area contributed by atoms with Crippen molar-refractivity contribution < 1.29 is 14.4 Å². The number of anilines is 1. The number of carbonyl (C=O) groups is 1. The highest BCUT2D eigenvalue weighted by Crippen LogP contribution is 2.46. The normalized spacial score (nSPS) is 25.9. The van der Waals surface area contributed by atoms with Gasteiger partial charge in [-0.25, -0.2) is 4.39 Å². The van der Waals surface area contributed by atoms with E-state index in [2.05, 4.69) is 10.5 Å². The lowest BCUT2D eigenvalue weighted by Crippen LogP contribution is -2.54. The van der Waals surface area contributed by atoms with Crippen molar-refractivity contribution in [3.8, 4) is 0 Å². The van der Waals surface area contributed by atoms with E-state index in [1.807, 2.05) is 6.92 Å². The molecule has 1 aromatic carbocycles. The molecule has 0 aliphatic heterocycles. The molecule has 0 unspecified atom stereocenters. The number of nitrogens with one attached hydrogen (secondary N) is 1. The maximum Gasteiger partial charge on any atom is 0.238 e. The van der Waals surface area contributed by atoms with Crippen LogP contribution in [0, 0.1) is 17.2 Å². The highest BCUT2D eigenvalue weighted by molar-refractivity contribution is 6.31. The number of rotatable bonds is 3. The molecule has 4 N–H and O–H groups in total. The summed E-state index contributed by atoms with van der Waals surface area (Å²) in [5.74, 6) is -0.735. The van der Waals surface area contributed by atoms with E-state index in [4.69, 9.17) is 22.5 Å². The van der Waals surface area contributed by atoms with Gasteiger partial charge in [-0.1, -0.05) is 23.7 Å². The second-order valence-corrected chi connectivity index (χ2v) is 5.57. The largest absolute Gasteiger partial charge is 0.409 e. The number of hydrogen-bond donors (Lipinski definition) is 3. The molecule has 5 nitrogen and oxygen atoms in total. The van der Waals surface area contributed by atoms with Crippen molar-refractivity contribution >= 4 is 29.0 Å². The lowest BCUT2D eigenvalue weighted by Gasteiger charge is -2.43. The molecule has 2 rings (SSSR count). The molecule has 0 atom stereocenters. The molecule has 0 saturated heterocycles. The van der Waals surface area contributed by atoms with Gasteiger partial charge < -0.3 is 16.3 Å². The zero-order valence-electron chi connectivity index (χ0n) is 10.9. The van der Waals surface area contributed by atoms with Crippen LogP contribution in [0.5, 0.6) is 0 Å². The van der Waals surface area contributed by atoms with E-state index in [-0.39, 0.29) is 16.8 Å². The van der Waals surface area contributed by atoms with E-state index < -0.39 is 11.2 Å². The minimum atomic E-state index is -1.00. The van der Waals surface area contributed by atoms with Crippen LogP contribution in [-0.2, 0) is 4.79 Å². The number of amidine groups is 1. The third-order valence-corrected chi connectivity index (χ3v) is 3.89. The highest BCUT2D eigenvalue weighted by atomic mass is 35.5. The maximum atomic E-state index is 13.1. The monoisotopic (exact) mass is 299 g/mol. The first-order valence-corrected chi connectivity index (χ1v) is 6.51. The third-order valence-electron chi connectivity index (χ3n) is 3.60. The van der Waals surface area contributed by atoms with Crippen LogP contribution in [0.1, 0.15) is 19.8 Å². The van der Waals surface area contributed by atoms with Crippen LogP contribution in [0.3, 0.4) is 0 Å². The molecule has 1 amide bonds. The van der Waals surface area contributed by atoms with Crippen molar-refractivity contribution in [3.63, 3.8) is 0 Å². The van der Waals surface area contributed by atoms with Gasteiger partial charge in [0.2, 0.25) is 5.91 Å². The molecule has 1 aliphatic carbocycles. The molecule has 0 radical (unpaired) electrons. The Hall–Kier alpha value is -1.82. The molecule has 1 fully saturated rings. The zero-order valence-corrected chi connectivity index (χ0v) is 11.6. The van der Waals surface area contributed by atoms with Gasteiger partial charge in [0.1, 0.15) is 11.2 Å². The van der Waals surface area contributed by atoms with Gasteiger partial charge in [-0.05, 0) is 37.0 Å². The molecule has 0 heterocycles. The van der Waals surface area contributed by atoms with Crippen molar-refractivity contribution in [2.45, 2.75) is 19.8 Å². The Kier molecular flexibility index (Phi) is 3.85. The van der Waals surface area contributed by atoms with Gasteiger partial charge in [-0.2, -0.15) is 0 Å². The number of nitrogens with zero attached hydrogens (tertiary/aromatic N) is 1. The van der Waals surface area contributed by atoms with Gasteiger partial charge in [0.05, 0.1) is 5.02 Å². The number of oxime groups is 1. The number of amides is 1. The van der Waals surface area contributed by atoms with Crippen LogP contribution < -0.4 is 11.1 Å². The second kappa shape index (κ2) is 5.28. The summed E-state index contributed by atoms with van der Waals surface area (Å²) in [6.07, 6.45) is 1.01. The van der Waals surface area contributed by atoms with Crippen LogP contribution in [0.25, 0.3) is 0 Å². The summed E-state index contributed by atoms with van der Waals surface area (Å²) in [6.45, 7) is 1.98. The summed E-state index contributed by atoms with van der Waals surface area (Å²) in [5.41, 5.74) is 5.00. The molecule has 7 heteroatoms. The van der Waals surface area contributed by atoms with Crippen LogP contribution >= 0.6 is 11.6 Å². The van der Waals surface area contributed by atoms with Crippen LogP contribution in [-0.4, -0.2) is 17.0 Å². The van der Waals surface area contributed by atoms with Gasteiger partial charge in [-0.15, -0.1) is 0 Å². The topological polar surface area (TPSA) is 87.7 Å². The summed E-state index contributed by atoms with van der Waals surface area (Å²) in [4.78, 5) is 12.3. The van der Waals surface area contributed by atoms with Crippen LogP contribution in [0.2, 0.25) is 5.02 Å². The van der Waals surface area contributed by atoms with Crippen molar-refractivity contribution in [2.24, 2.45) is 22.2 Å². The number of halogens is 2. The second-order valence-electron chi connectivity index (χ2n) is 5.16. The van der Waals surface area contributed by atoms with E-state index in [0.29, 0.717) is 24.4 Å². The smallest absolute Gasteiger partial charge is 0.238 e. The molecule has 108 valence electrons. The molecular formula is C13H15ClFN3O2. The predicted octanol–water partition coefficient (Wildman–Crippen LogP) is 2.58. The minimum absolute atomic E-state index is 0.0809. The Balaban J connectivity index is 2.20. The fourth-order valence-electron chi connectivity index (χ4n) is 2.56. The summed E-state index contributed by atoms with van der Waals surface area (Å²) < 4.78 is 13.1. The standard InChI is InChI=1S/C13H15ClFN3O2/c1-7-5-13(6-7,11(16)18-20)12(19)17-8-2-3-10(15)9(14)4-8/h2-4,7,20H,5-6H2,1H3,(H2,16,18)(H,17,19). The summed E-state index contributed by atoms with van der Waals surface area (Å²) in [6, 6.07) is 3.88. The fourth-order valence-corrected chi connectivity index (χ4v) is 2.74. The lowest BCUT2D eigenvalue weighted by atomic mass is 9.61. The number of carbonyl (C=O) groups excluding carboxylic acids is 1.